The van der Waals surface area contributed by atoms with Crippen LogP contribution >= 0.6 is 34.4 Å². The number of Topliss-reactive ketones (excluding diaryl/α,β-unsaturated/α-hetero) is 1. The normalized spacial score (nSPS) is 15.3. The van der Waals surface area contributed by atoms with E-state index in [1.165, 1.54) is 11.8 Å². The van der Waals surface area contributed by atoms with Gasteiger partial charge >= 0.3 is 0 Å². The molecular weight excluding hydrogens is 435 g/mol. The molecule has 1 aliphatic rings. The fourth-order valence-corrected chi connectivity index (χ4v) is 4.69. The first-order valence-electron chi connectivity index (χ1n) is 7.42. The van der Waals surface area contributed by atoms with Crippen LogP contribution in [0.2, 0.25) is 0 Å². The van der Waals surface area contributed by atoms with Gasteiger partial charge in [0.05, 0.1) is 19.1 Å². The van der Waals surface area contributed by atoms with E-state index in [2.05, 4.69) is 28.7 Å². The Balaban J connectivity index is 2.05. The number of hydrogen-bond donors (Lipinski definition) is 0. The monoisotopic (exact) mass is 452 g/mol. The molecule has 5 heteroatoms. The minimum absolute atomic E-state index is 0.0821. The number of aryl methyl sites for hydroxylation is 2. The van der Waals surface area contributed by atoms with Crippen LogP contribution in [-0.2, 0) is 0 Å². The van der Waals surface area contributed by atoms with Gasteiger partial charge in [-0.1, -0.05) is 17.8 Å². The Morgan fingerprint density at radius 2 is 1.67 bits per heavy atom. The lowest BCUT2D eigenvalue weighted by molar-refractivity contribution is 0.104. The highest BCUT2D eigenvalue weighted by Crippen LogP contribution is 2.47. The van der Waals surface area contributed by atoms with E-state index in [1.807, 2.05) is 38.1 Å². The van der Waals surface area contributed by atoms with Crippen molar-refractivity contribution in [2.75, 3.05) is 14.2 Å². The van der Waals surface area contributed by atoms with Gasteiger partial charge in [-0.3, -0.25) is 4.79 Å². The second kappa shape index (κ2) is 6.80. The van der Waals surface area contributed by atoms with Crippen LogP contribution < -0.4 is 9.47 Å². The maximum atomic E-state index is 12.8. The van der Waals surface area contributed by atoms with Crippen LogP contribution in [0.3, 0.4) is 0 Å². The Morgan fingerprint density at radius 3 is 2.29 bits per heavy atom. The van der Waals surface area contributed by atoms with Gasteiger partial charge in [-0.25, -0.2) is 0 Å². The van der Waals surface area contributed by atoms with Gasteiger partial charge in [-0.2, -0.15) is 0 Å². The second-order valence-corrected chi connectivity index (χ2v) is 7.71. The molecule has 0 saturated carbocycles. The summed E-state index contributed by atoms with van der Waals surface area (Å²) in [5.41, 5.74) is 3.81. The van der Waals surface area contributed by atoms with Gasteiger partial charge in [0.2, 0.25) is 5.78 Å². The lowest BCUT2D eigenvalue weighted by atomic mass is 10.0. The minimum atomic E-state index is 0.0821. The Hall–Kier alpha value is -1.47. The van der Waals surface area contributed by atoms with Gasteiger partial charge in [0, 0.05) is 14.0 Å². The highest BCUT2D eigenvalue weighted by molar-refractivity contribution is 14.1. The zero-order valence-corrected chi connectivity index (χ0v) is 16.9. The van der Waals surface area contributed by atoms with Gasteiger partial charge in [0.1, 0.15) is 11.5 Å². The number of hydrogen-bond acceptors (Lipinski definition) is 4. The van der Waals surface area contributed by atoms with Crippen molar-refractivity contribution in [2.24, 2.45) is 0 Å². The molecule has 124 valence electrons. The van der Waals surface area contributed by atoms with Crippen molar-refractivity contribution >= 4 is 43.7 Å². The third-order valence-electron chi connectivity index (χ3n) is 4.01. The van der Waals surface area contributed by atoms with Crippen LogP contribution in [0.25, 0.3) is 3.58 Å². The first-order chi connectivity index (χ1) is 11.5. The third kappa shape index (κ3) is 2.95. The zero-order valence-electron chi connectivity index (χ0n) is 13.9. The summed E-state index contributed by atoms with van der Waals surface area (Å²) < 4.78 is 11.6. The van der Waals surface area contributed by atoms with E-state index in [4.69, 9.17) is 9.47 Å². The zero-order chi connectivity index (χ0) is 17.4. The standard InChI is InChI=1S/C19H17IO3S/c1-10-7-12(5-6-14(10)22-3)17(20)19-18(21)13-8-11(2)15(23-4)9-16(13)24-19/h5-9H,1-4H3/b19-17+. The maximum Gasteiger partial charge on any atom is 0.201 e. The van der Waals surface area contributed by atoms with E-state index in [0.717, 1.165) is 47.1 Å². The fourth-order valence-electron chi connectivity index (χ4n) is 2.72. The number of allylic oxidation sites excluding steroid dienone is 1. The van der Waals surface area contributed by atoms with E-state index in [9.17, 15) is 4.79 Å². The molecule has 0 radical (unpaired) electrons. The Kier molecular flexibility index (Phi) is 4.92. The Bertz CT molecular complexity index is 871. The molecule has 0 spiro atoms. The summed E-state index contributed by atoms with van der Waals surface area (Å²) in [5, 5.41) is 0. The smallest absolute Gasteiger partial charge is 0.201 e. The topological polar surface area (TPSA) is 35.5 Å². The molecule has 0 amide bonds. The first kappa shape index (κ1) is 17.4. The fraction of sp³-hybridized carbons (Fsp3) is 0.211. The molecule has 0 fully saturated rings. The number of carbonyl (C=O) groups is 1. The molecule has 24 heavy (non-hydrogen) atoms. The van der Waals surface area contributed by atoms with Crippen molar-refractivity contribution in [3.05, 3.63) is 57.5 Å². The van der Waals surface area contributed by atoms with E-state index in [0.29, 0.717) is 0 Å². The molecule has 1 heterocycles. The number of ketones is 1. The van der Waals surface area contributed by atoms with Crippen LogP contribution in [0.4, 0.5) is 0 Å². The van der Waals surface area contributed by atoms with Gasteiger partial charge in [0.15, 0.2) is 0 Å². The van der Waals surface area contributed by atoms with Crippen molar-refractivity contribution in [3.63, 3.8) is 0 Å². The van der Waals surface area contributed by atoms with Gasteiger partial charge in [-0.05, 0) is 77.4 Å². The maximum absolute atomic E-state index is 12.8. The van der Waals surface area contributed by atoms with Gasteiger partial charge < -0.3 is 9.47 Å². The molecule has 0 saturated heterocycles. The quantitative estimate of drug-likeness (QED) is 0.461. The molecule has 0 N–H and O–H groups in total. The second-order valence-electron chi connectivity index (χ2n) is 5.58. The van der Waals surface area contributed by atoms with E-state index >= 15 is 0 Å². The van der Waals surface area contributed by atoms with Crippen LogP contribution in [0.5, 0.6) is 11.5 Å². The number of fused-ring (bicyclic) bond motifs is 1. The van der Waals surface area contributed by atoms with Crippen LogP contribution in [0, 0.1) is 13.8 Å². The summed E-state index contributed by atoms with van der Waals surface area (Å²) >= 11 is 3.77. The SMILES string of the molecule is COc1ccc(/C(I)=C2\Sc3cc(OC)c(C)cc3C2=O)cc1C. The van der Waals surface area contributed by atoms with E-state index < -0.39 is 0 Å². The van der Waals surface area contributed by atoms with Gasteiger partial charge in [-0.15, -0.1) is 0 Å². The Morgan fingerprint density at radius 1 is 1.00 bits per heavy atom. The molecule has 2 aromatic carbocycles. The van der Waals surface area contributed by atoms with Crippen molar-refractivity contribution in [1.82, 2.24) is 0 Å². The predicted octanol–water partition coefficient (Wildman–Crippen LogP) is 5.41. The largest absolute Gasteiger partial charge is 0.496 e. The summed E-state index contributed by atoms with van der Waals surface area (Å²) in [7, 11) is 3.31. The number of thioether (sulfide) groups is 1. The molecule has 0 atom stereocenters. The summed E-state index contributed by atoms with van der Waals surface area (Å²) in [4.78, 5) is 14.5. The van der Waals surface area contributed by atoms with Gasteiger partial charge in [0.25, 0.3) is 0 Å². The number of ether oxygens (including phenoxy) is 2. The number of carbonyl (C=O) groups excluding carboxylic acids is 1. The van der Waals surface area contributed by atoms with Crippen LogP contribution in [-0.4, -0.2) is 20.0 Å². The summed E-state index contributed by atoms with van der Waals surface area (Å²) in [5.74, 6) is 1.74. The predicted molar refractivity (Wildman–Crippen MR) is 107 cm³/mol. The van der Waals surface area contributed by atoms with Crippen molar-refractivity contribution in [2.45, 2.75) is 18.7 Å². The molecule has 3 rings (SSSR count). The average molecular weight is 452 g/mol. The number of rotatable bonds is 3. The first-order valence-corrected chi connectivity index (χ1v) is 9.31. The van der Waals surface area contributed by atoms with Crippen LogP contribution in [0.1, 0.15) is 27.0 Å². The molecule has 2 aromatic rings. The number of benzene rings is 2. The van der Waals surface area contributed by atoms with Crippen molar-refractivity contribution in [3.8, 4) is 11.5 Å². The highest BCUT2D eigenvalue weighted by atomic mass is 127. The lowest BCUT2D eigenvalue weighted by Crippen LogP contribution is -1.98. The third-order valence-corrected chi connectivity index (χ3v) is 6.69. The van der Waals surface area contributed by atoms with Crippen molar-refractivity contribution in [1.29, 1.82) is 0 Å². The molecule has 0 aliphatic carbocycles. The van der Waals surface area contributed by atoms with E-state index in [-0.39, 0.29) is 5.78 Å². The highest BCUT2D eigenvalue weighted by Gasteiger charge is 2.29. The summed E-state index contributed by atoms with van der Waals surface area (Å²) in [6.07, 6.45) is 0. The summed E-state index contributed by atoms with van der Waals surface area (Å²) in [6.45, 7) is 3.96. The van der Waals surface area contributed by atoms with Crippen molar-refractivity contribution < 1.29 is 14.3 Å². The van der Waals surface area contributed by atoms with Crippen LogP contribution in [0.15, 0.2) is 40.1 Å². The molecule has 0 aromatic heterocycles. The molecule has 1 aliphatic heterocycles. The molecule has 0 bridgehead atoms. The molecular formula is C19H17IO3S. The minimum Gasteiger partial charge on any atom is -0.496 e. The number of methoxy groups -OCH3 is 2. The molecule has 3 nitrogen and oxygen atoms in total. The lowest BCUT2D eigenvalue weighted by Gasteiger charge is -2.08. The Labute approximate surface area is 159 Å². The number of halogens is 1. The van der Waals surface area contributed by atoms with E-state index in [1.54, 1.807) is 14.2 Å². The average Bonchev–Trinajstić information content (AvgIpc) is 2.89. The molecule has 0 unspecified atom stereocenters. The summed E-state index contributed by atoms with van der Waals surface area (Å²) in [6, 6.07) is 9.84.